The average Bonchev–Trinajstić information content (AvgIpc) is 3.10. The number of amides is 2. The number of anilines is 2. The summed E-state index contributed by atoms with van der Waals surface area (Å²) in [5.41, 5.74) is 1.60. The summed E-state index contributed by atoms with van der Waals surface area (Å²) in [4.78, 5) is 29.1. The van der Waals surface area contributed by atoms with Crippen molar-refractivity contribution in [3.05, 3.63) is 59.1 Å². The van der Waals surface area contributed by atoms with Crippen LogP contribution in [0, 0.1) is 0 Å². The van der Waals surface area contributed by atoms with Crippen LogP contribution in [0.5, 0.6) is 5.75 Å². The van der Waals surface area contributed by atoms with Crippen LogP contribution in [-0.2, 0) is 4.74 Å². The zero-order chi connectivity index (χ0) is 20.8. The van der Waals surface area contributed by atoms with Gasteiger partial charge in [-0.05, 0) is 25.1 Å². The number of thiazole rings is 1. The third-order valence-corrected chi connectivity index (χ3v) is 4.91. The lowest BCUT2D eigenvalue weighted by atomic mass is 10.1. The third kappa shape index (κ3) is 5.04. The Bertz CT molecular complexity index is 1020. The highest BCUT2D eigenvalue weighted by Gasteiger charge is 2.20. The number of hydrogen-bond acceptors (Lipinski definition) is 6. The molecule has 3 rings (SSSR count). The molecule has 2 N–H and O–H groups in total. The molecular weight excluding hydrogens is 414 g/mol. The molecule has 0 atom stereocenters. The molecule has 0 fully saturated rings. The normalized spacial score (nSPS) is 10.3. The van der Waals surface area contributed by atoms with E-state index in [2.05, 4.69) is 15.6 Å². The van der Waals surface area contributed by atoms with E-state index in [-0.39, 0.29) is 12.2 Å². The Balaban J connectivity index is 1.95. The number of benzene rings is 2. The summed E-state index contributed by atoms with van der Waals surface area (Å²) in [6.07, 6.45) is -0.616. The Kier molecular flexibility index (Phi) is 6.69. The Morgan fingerprint density at radius 3 is 2.59 bits per heavy atom. The van der Waals surface area contributed by atoms with Crippen LogP contribution >= 0.6 is 22.9 Å². The maximum atomic E-state index is 12.9. The van der Waals surface area contributed by atoms with E-state index in [0.29, 0.717) is 26.6 Å². The SMILES string of the molecule is CCOC(=O)Nc1nc(-c2ccccc2)c(NC(=O)c2cc(Cl)ccc2OC)s1. The number of nitrogens with zero attached hydrogens (tertiary/aromatic N) is 1. The summed E-state index contributed by atoms with van der Waals surface area (Å²) in [7, 11) is 1.48. The van der Waals surface area contributed by atoms with Crippen molar-refractivity contribution in [1.82, 2.24) is 4.98 Å². The van der Waals surface area contributed by atoms with E-state index in [4.69, 9.17) is 21.1 Å². The summed E-state index contributed by atoms with van der Waals surface area (Å²) < 4.78 is 10.1. The zero-order valence-electron chi connectivity index (χ0n) is 15.7. The first-order chi connectivity index (χ1) is 14.0. The number of halogens is 1. The van der Waals surface area contributed by atoms with Gasteiger partial charge in [-0.1, -0.05) is 53.3 Å². The fraction of sp³-hybridized carbons (Fsp3) is 0.150. The van der Waals surface area contributed by atoms with Crippen LogP contribution in [0.4, 0.5) is 14.9 Å². The molecule has 29 heavy (non-hydrogen) atoms. The van der Waals surface area contributed by atoms with E-state index < -0.39 is 12.0 Å². The van der Waals surface area contributed by atoms with Crippen molar-refractivity contribution in [3.8, 4) is 17.0 Å². The second-order valence-electron chi connectivity index (χ2n) is 5.71. The Hall–Kier alpha value is -3.10. The molecule has 0 aliphatic carbocycles. The first kappa shape index (κ1) is 20.6. The average molecular weight is 432 g/mol. The number of rotatable bonds is 6. The van der Waals surface area contributed by atoms with Crippen molar-refractivity contribution in [2.75, 3.05) is 24.4 Å². The largest absolute Gasteiger partial charge is 0.496 e. The molecule has 150 valence electrons. The van der Waals surface area contributed by atoms with Gasteiger partial charge in [0.2, 0.25) is 0 Å². The van der Waals surface area contributed by atoms with Gasteiger partial charge in [-0.3, -0.25) is 10.1 Å². The monoisotopic (exact) mass is 431 g/mol. The van der Waals surface area contributed by atoms with Gasteiger partial charge in [0.15, 0.2) is 5.13 Å². The molecule has 1 heterocycles. The van der Waals surface area contributed by atoms with Crippen LogP contribution in [0.25, 0.3) is 11.3 Å². The smallest absolute Gasteiger partial charge is 0.413 e. The van der Waals surface area contributed by atoms with Crippen molar-refractivity contribution in [3.63, 3.8) is 0 Å². The first-order valence-corrected chi connectivity index (χ1v) is 9.86. The van der Waals surface area contributed by atoms with Crippen molar-refractivity contribution in [1.29, 1.82) is 0 Å². The van der Waals surface area contributed by atoms with Crippen molar-refractivity contribution in [2.24, 2.45) is 0 Å². The topological polar surface area (TPSA) is 89.5 Å². The van der Waals surface area contributed by atoms with Crippen molar-refractivity contribution >= 4 is 45.1 Å². The molecule has 0 saturated heterocycles. The van der Waals surface area contributed by atoms with Crippen LogP contribution in [0.15, 0.2) is 48.5 Å². The maximum absolute atomic E-state index is 12.9. The van der Waals surface area contributed by atoms with Gasteiger partial charge in [0, 0.05) is 10.6 Å². The van der Waals surface area contributed by atoms with Gasteiger partial charge >= 0.3 is 6.09 Å². The highest BCUT2D eigenvalue weighted by atomic mass is 35.5. The molecule has 0 saturated carbocycles. The van der Waals surface area contributed by atoms with E-state index in [0.717, 1.165) is 16.9 Å². The molecule has 9 heteroatoms. The molecule has 0 spiro atoms. The second kappa shape index (κ2) is 9.40. The summed E-state index contributed by atoms with van der Waals surface area (Å²) in [5.74, 6) is -0.0181. The summed E-state index contributed by atoms with van der Waals surface area (Å²) in [6.45, 7) is 1.95. The van der Waals surface area contributed by atoms with Gasteiger partial charge in [0.05, 0.1) is 19.3 Å². The first-order valence-electron chi connectivity index (χ1n) is 8.66. The van der Waals surface area contributed by atoms with Gasteiger partial charge < -0.3 is 14.8 Å². The van der Waals surface area contributed by atoms with Crippen molar-refractivity contribution < 1.29 is 19.1 Å². The molecule has 2 aromatic carbocycles. The van der Waals surface area contributed by atoms with Gasteiger partial charge in [-0.15, -0.1) is 0 Å². The molecule has 0 bridgehead atoms. The number of ether oxygens (including phenoxy) is 2. The number of methoxy groups -OCH3 is 1. The quantitative estimate of drug-likeness (QED) is 0.553. The number of carbonyl (C=O) groups is 2. The van der Waals surface area contributed by atoms with Gasteiger partial charge in [0.1, 0.15) is 16.4 Å². The van der Waals surface area contributed by atoms with Crippen LogP contribution in [-0.4, -0.2) is 30.7 Å². The highest BCUT2D eigenvalue weighted by Crippen LogP contribution is 2.36. The van der Waals surface area contributed by atoms with Crippen LogP contribution in [0.1, 0.15) is 17.3 Å². The van der Waals surface area contributed by atoms with Crippen molar-refractivity contribution in [2.45, 2.75) is 6.92 Å². The lowest BCUT2D eigenvalue weighted by molar-refractivity contribution is 0.102. The number of aromatic nitrogens is 1. The summed E-state index contributed by atoms with van der Waals surface area (Å²) in [5, 5.41) is 6.59. The van der Waals surface area contributed by atoms with E-state index in [1.807, 2.05) is 30.3 Å². The Morgan fingerprint density at radius 2 is 1.90 bits per heavy atom. The lowest BCUT2D eigenvalue weighted by Crippen LogP contribution is -2.13. The van der Waals surface area contributed by atoms with Crippen LogP contribution in [0.2, 0.25) is 5.02 Å². The fourth-order valence-corrected chi connectivity index (χ4v) is 3.57. The van der Waals surface area contributed by atoms with Gasteiger partial charge in [-0.2, -0.15) is 0 Å². The van der Waals surface area contributed by atoms with E-state index in [1.54, 1.807) is 19.1 Å². The Morgan fingerprint density at radius 1 is 1.14 bits per heavy atom. The number of carbonyl (C=O) groups excluding carboxylic acids is 2. The molecule has 0 unspecified atom stereocenters. The number of nitrogens with one attached hydrogen (secondary N) is 2. The molecule has 1 aromatic heterocycles. The van der Waals surface area contributed by atoms with E-state index in [1.165, 1.54) is 13.2 Å². The molecule has 2 amide bonds. The van der Waals surface area contributed by atoms with E-state index >= 15 is 0 Å². The number of hydrogen-bond donors (Lipinski definition) is 2. The predicted molar refractivity (Wildman–Crippen MR) is 114 cm³/mol. The highest BCUT2D eigenvalue weighted by molar-refractivity contribution is 7.20. The maximum Gasteiger partial charge on any atom is 0.413 e. The zero-order valence-corrected chi connectivity index (χ0v) is 17.3. The minimum absolute atomic E-state index is 0.237. The van der Waals surface area contributed by atoms with Gasteiger partial charge in [0.25, 0.3) is 5.91 Å². The van der Waals surface area contributed by atoms with Crippen LogP contribution in [0.3, 0.4) is 0 Å². The third-order valence-electron chi connectivity index (χ3n) is 3.79. The lowest BCUT2D eigenvalue weighted by Gasteiger charge is -2.09. The molecule has 0 aliphatic heterocycles. The van der Waals surface area contributed by atoms with E-state index in [9.17, 15) is 9.59 Å². The molecule has 0 aliphatic rings. The minimum atomic E-state index is -0.616. The fourth-order valence-electron chi connectivity index (χ4n) is 2.53. The molecule has 0 radical (unpaired) electrons. The molecular formula is C20H18ClN3O4S. The predicted octanol–water partition coefficient (Wildman–Crippen LogP) is 5.29. The summed E-state index contributed by atoms with van der Waals surface area (Å²) >= 11 is 7.15. The van der Waals surface area contributed by atoms with Gasteiger partial charge in [-0.25, -0.2) is 9.78 Å². The van der Waals surface area contributed by atoms with Crippen LogP contribution < -0.4 is 15.4 Å². The molecule has 7 nitrogen and oxygen atoms in total. The molecule has 3 aromatic rings. The minimum Gasteiger partial charge on any atom is -0.496 e. The second-order valence-corrected chi connectivity index (χ2v) is 7.14. The Labute approximate surface area is 176 Å². The summed E-state index contributed by atoms with van der Waals surface area (Å²) in [6, 6.07) is 14.1. The standard InChI is InChI=1S/C20H18ClN3O4S/c1-3-28-20(26)24-19-22-16(12-7-5-4-6-8-12)18(29-19)23-17(25)14-11-13(21)9-10-15(14)27-2/h4-11H,3H2,1-2H3,(H,23,25)(H,22,24,26).